The molecule has 3 rings (SSSR count). The Morgan fingerprint density at radius 2 is 1.86 bits per heavy atom. The molecule has 1 heterocycles. The number of carbonyl (C=O) groups excluding carboxylic acids is 2. The molecule has 0 saturated heterocycles. The molecule has 1 aliphatic rings. The highest BCUT2D eigenvalue weighted by Crippen LogP contribution is 2.30. The van der Waals surface area contributed by atoms with Crippen LogP contribution >= 0.6 is 0 Å². The fourth-order valence-electron chi connectivity index (χ4n) is 2.80. The van der Waals surface area contributed by atoms with Crippen molar-refractivity contribution < 1.29 is 23.8 Å². The molecule has 0 aliphatic carbocycles. The van der Waals surface area contributed by atoms with Gasteiger partial charge in [0, 0.05) is 6.54 Å². The Kier molecular flexibility index (Phi) is 6.37. The maximum Gasteiger partial charge on any atom is 0.265 e. The monoisotopic (exact) mass is 384 g/mol. The second-order valence-electron chi connectivity index (χ2n) is 6.48. The predicted octanol–water partition coefficient (Wildman–Crippen LogP) is 1.70. The fourth-order valence-corrected chi connectivity index (χ4v) is 2.80. The van der Waals surface area contributed by atoms with Crippen molar-refractivity contribution in [2.75, 3.05) is 20.3 Å². The van der Waals surface area contributed by atoms with E-state index in [-0.39, 0.29) is 18.4 Å². The van der Waals surface area contributed by atoms with E-state index < -0.39 is 12.1 Å². The van der Waals surface area contributed by atoms with Crippen molar-refractivity contribution in [2.24, 2.45) is 0 Å². The molecule has 7 nitrogen and oxygen atoms in total. The smallest absolute Gasteiger partial charge is 0.265 e. The van der Waals surface area contributed by atoms with Gasteiger partial charge in [-0.1, -0.05) is 24.3 Å². The predicted molar refractivity (Wildman–Crippen MR) is 104 cm³/mol. The van der Waals surface area contributed by atoms with Crippen LogP contribution < -0.4 is 24.8 Å². The number of amides is 2. The average molecular weight is 384 g/mol. The molecule has 7 heteroatoms. The quantitative estimate of drug-likeness (QED) is 0.759. The van der Waals surface area contributed by atoms with Crippen molar-refractivity contribution in [2.45, 2.75) is 25.5 Å². The Morgan fingerprint density at radius 3 is 2.57 bits per heavy atom. The van der Waals surface area contributed by atoms with E-state index in [0.29, 0.717) is 24.5 Å². The molecule has 0 radical (unpaired) electrons. The van der Waals surface area contributed by atoms with Crippen LogP contribution in [-0.2, 0) is 16.0 Å². The minimum atomic E-state index is -0.788. The van der Waals surface area contributed by atoms with Crippen LogP contribution in [0.3, 0.4) is 0 Å². The zero-order valence-electron chi connectivity index (χ0n) is 15.9. The van der Waals surface area contributed by atoms with Gasteiger partial charge in [-0.3, -0.25) is 9.59 Å². The van der Waals surface area contributed by atoms with Crippen LogP contribution in [0.25, 0.3) is 0 Å². The Labute approximate surface area is 164 Å². The van der Waals surface area contributed by atoms with Crippen LogP contribution in [0.4, 0.5) is 0 Å². The molecule has 148 valence electrons. The van der Waals surface area contributed by atoms with E-state index in [4.69, 9.17) is 14.2 Å². The largest absolute Gasteiger partial charge is 0.497 e. The van der Waals surface area contributed by atoms with Crippen molar-refractivity contribution >= 4 is 11.8 Å². The molecule has 2 N–H and O–H groups in total. The van der Waals surface area contributed by atoms with Crippen LogP contribution in [0.5, 0.6) is 17.2 Å². The molecular weight excluding hydrogens is 360 g/mol. The summed E-state index contributed by atoms with van der Waals surface area (Å²) in [5, 5.41) is 5.50. The summed E-state index contributed by atoms with van der Waals surface area (Å²) in [5.41, 5.74) is 1.09. The highest BCUT2D eigenvalue weighted by Gasteiger charge is 2.29. The third-order valence-electron chi connectivity index (χ3n) is 4.43. The molecule has 0 bridgehead atoms. The molecule has 0 aromatic heterocycles. The molecular formula is C21H24N2O5. The van der Waals surface area contributed by atoms with E-state index in [1.807, 2.05) is 30.3 Å². The van der Waals surface area contributed by atoms with Crippen LogP contribution in [-0.4, -0.2) is 44.2 Å². The maximum atomic E-state index is 12.4. The van der Waals surface area contributed by atoms with Gasteiger partial charge in [0.1, 0.15) is 18.4 Å². The summed E-state index contributed by atoms with van der Waals surface area (Å²) in [6, 6.07) is 14.1. The Hall–Kier alpha value is -3.22. The summed E-state index contributed by atoms with van der Waals surface area (Å²) in [7, 11) is 1.62. The summed E-state index contributed by atoms with van der Waals surface area (Å²) in [6.07, 6.45) is -0.100. The second-order valence-corrected chi connectivity index (χ2v) is 6.48. The van der Waals surface area contributed by atoms with Crippen molar-refractivity contribution in [1.29, 1.82) is 0 Å². The normalized spacial score (nSPS) is 16.0. The number of fused-ring (bicyclic) bond motifs is 1. The topological polar surface area (TPSA) is 85.9 Å². The number of hydrogen-bond donors (Lipinski definition) is 2. The summed E-state index contributed by atoms with van der Waals surface area (Å²) in [4.78, 5) is 24.6. The first-order valence-corrected chi connectivity index (χ1v) is 9.16. The maximum absolute atomic E-state index is 12.4. The van der Waals surface area contributed by atoms with E-state index in [1.54, 1.807) is 32.2 Å². The van der Waals surface area contributed by atoms with Crippen molar-refractivity contribution in [3.63, 3.8) is 0 Å². The number of carbonyl (C=O) groups is 2. The van der Waals surface area contributed by atoms with Gasteiger partial charge in [-0.15, -0.1) is 0 Å². The first-order chi connectivity index (χ1) is 13.6. The number of ether oxygens (including phenoxy) is 3. The van der Waals surface area contributed by atoms with E-state index in [0.717, 1.165) is 11.3 Å². The summed E-state index contributed by atoms with van der Waals surface area (Å²) in [5.74, 6) is 1.29. The first-order valence-electron chi connectivity index (χ1n) is 9.16. The molecule has 0 fully saturated rings. The number of rotatable bonds is 7. The Bertz CT molecular complexity index is 822. The lowest BCUT2D eigenvalue weighted by Gasteiger charge is -2.26. The highest BCUT2D eigenvalue weighted by molar-refractivity contribution is 5.89. The lowest BCUT2D eigenvalue weighted by molar-refractivity contribution is -0.134. The number of benzene rings is 2. The van der Waals surface area contributed by atoms with Gasteiger partial charge >= 0.3 is 0 Å². The minimum absolute atomic E-state index is 0.106. The highest BCUT2D eigenvalue weighted by atomic mass is 16.6. The van der Waals surface area contributed by atoms with Crippen LogP contribution in [0.2, 0.25) is 0 Å². The molecule has 28 heavy (non-hydrogen) atoms. The second kappa shape index (κ2) is 9.12. The van der Waals surface area contributed by atoms with Crippen LogP contribution in [0.1, 0.15) is 12.5 Å². The lowest BCUT2D eigenvalue weighted by atomic mass is 10.1. The van der Waals surface area contributed by atoms with Crippen molar-refractivity contribution in [3.05, 3.63) is 54.1 Å². The number of para-hydroxylation sites is 2. The van der Waals surface area contributed by atoms with Crippen LogP contribution in [0, 0.1) is 0 Å². The molecule has 0 unspecified atom stereocenters. The summed E-state index contributed by atoms with van der Waals surface area (Å²) < 4.78 is 16.3. The third kappa shape index (κ3) is 4.94. The molecule has 2 amide bonds. The first kappa shape index (κ1) is 19.5. The molecule has 2 atom stereocenters. The van der Waals surface area contributed by atoms with E-state index in [9.17, 15) is 9.59 Å². The standard InChI is InChI=1S/C21H24N2O5/c1-14(20(24)22-12-11-15-7-9-16(26-2)10-8-15)23-21(25)19-13-27-17-5-3-4-6-18(17)28-19/h3-10,14,19H,11-13H2,1-2H3,(H,22,24)(H,23,25)/t14-,19-/m1/s1. The van der Waals surface area contributed by atoms with Gasteiger partial charge in [0.25, 0.3) is 5.91 Å². The Balaban J connectivity index is 1.43. The van der Waals surface area contributed by atoms with Gasteiger partial charge < -0.3 is 24.8 Å². The summed E-state index contributed by atoms with van der Waals surface area (Å²) in [6.45, 7) is 2.22. The van der Waals surface area contributed by atoms with E-state index in [1.165, 1.54) is 0 Å². The molecule has 2 aromatic carbocycles. The van der Waals surface area contributed by atoms with Gasteiger partial charge in [0.05, 0.1) is 7.11 Å². The molecule has 0 spiro atoms. The van der Waals surface area contributed by atoms with E-state index >= 15 is 0 Å². The summed E-state index contributed by atoms with van der Waals surface area (Å²) >= 11 is 0. The van der Waals surface area contributed by atoms with Gasteiger partial charge in [-0.05, 0) is 43.2 Å². The van der Waals surface area contributed by atoms with Crippen LogP contribution in [0.15, 0.2) is 48.5 Å². The number of hydrogen-bond acceptors (Lipinski definition) is 5. The van der Waals surface area contributed by atoms with Gasteiger partial charge in [-0.25, -0.2) is 0 Å². The Morgan fingerprint density at radius 1 is 1.14 bits per heavy atom. The molecule has 1 aliphatic heterocycles. The van der Waals surface area contributed by atoms with Gasteiger partial charge in [-0.2, -0.15) is 0 Å². The third-order valence-corrected chi connectivity index (χ3v) is 4.43. The van der Waals surface area contributed by atoms with Gasteiger partial charge in [0.2, 0.25) is 12.0 Å². The van der Waals surface area contributed by atoms with Gasteiger partial charge in [0.15, 0.2) is 11.5 Å². The van der Waals surface area contributed by atoms with E-state index in [2.05, 4.69) is 10.6 Å². The lowest BCUT2D eigenvalue weighted by Crippen LogP contribution is -2.51. The SMILES string of the molecule is COc1ccc(CCNC(=O)[C@@H](C)NC(=O)[C@H]2COc3ccccc3O2)cc1. The average Bonchev–Trinajstić information content (AvgIpc) is 2.73. The van der Waals surface area contributed by atoms with Crippen molar-refractivity contribution in [3.8, 4) is 17.2 Å². The number of nitrogens with one attached hydrogen (secondary N) is 2. The molecule has 2 aromatic rings. The number of methoxy groups -OCH3 is 1. The fraction of sp³-hybridized carbons (Fsp3) is 0.333. The minimum Gasteiger partial charge on any atom is -0.497 e. The van der Waals surface area contributed by atoms with Crippen molar-refractivity contribution in [1.82, 2.24) is 10.6 Å². The zero-order valence-corrected chi connectivity index (χ0v) is 15.9. The zero-order chi connectivity index (χ0) is 19.9. The molecule has 0 saturated carbocycles.